The summed E-state index contributed by atoms with van der Waals surface area (Å²) in [6.07, 6.45) is 9.46. The molecular weight excluding hydrogens is 411 g/mol. The highest BCUT2D eigenvalue weighted by molar-refractivity contribution is 14.0. The van der Waals surface area contributed by atoms with Gasteiger partial charge in [-0.1, -0.05) is 12.8 Å². The molecule has 1 saturated carbocycles. The molecule has 22 heavy (non-hydrogen) atoms. The number of nitrogens with one attached hydrogen (secondary N) is 2. The number of halogens is 1. The zero-order valence-electron chi connectivity index (χ0n) is 14.1. The Bertz CT molecular complexity index is 334. The molecule has 1 rings (SSSR count). The van der Waals surface area contributed by atoms with Crippen molar-refractivity contribution >= 4 is 47.6 Å². The molecule has 0 unspecified atom stereocenters. The van der Waals surface area contributed by atoms with E-state index < -0.39 is 0 Å². The van der Waals surface area contributed by atoms with E-state index in [4.69, 9.17) is 0 Å². The van der Waals surface area contributed by atoms with Crippen molar-refractivity contribution in [2.45, 2.75) is 44.6 Å². The van der Waals surface area contributed by atoms with Gasteiger partial charge in [0.1, 0.15) is 6.54 Å². The molecule has 0 spiro atoms. The van der Waals surface area contributed by atoms with Crippen LogP contribution in [0.4, 0.5) is 0 Å². The molecule has 130 valence electrons. The molecular formula is C15H31IN4OS. The Labute approximate surface area is 156 Å². The lowest BCUT2D eigenvalue weighted by Crippen LogP contribution is -2.43. The van der Waals surface area contributed by atoms with Crippen LogP contribution in [-0.2, 0) is 4.79 Å². The first kappa shape index (κ1) is 21.8. The van der Waals surface area contributed by atoms with Crippen LogP contribution in [0.1, 0.15) is 38.5 Å². The first-order valence-electron chi connectivity index (χ1n) is 7.87. The minimum absolute atomic E-state index is 0. The molecule has 0 aromatic heterocycles. The van der Waals surface area contributed by atoms with Crippen LogP contribution < -0.4 is 10.6 Å². The Morgan fingerprint density at radius 2 is 1.95 bits per heavy atom. The maximum absolute atomic E-state index is 11.7. The van der Waals surface area contributed by atoms with Crippen molar-refractivity contribution in [3.63, 3.8) is 0 Å². The van der Waals surface area contributed by atoms with Crippen LogP contribution in [-0.4, -0.2) is 62.0 Å². The van der Waals surface area contributed by atoms with Gasteiger partial charge in [-0.05, 0) is 37.7 Å². The Morgan fingerprint density at radius 3 is 2.55 bits per heavy atom. The molecule has 1 aliphatic rings. The first-order chi connectivity index (χ1) is 10.1. The van der Waals surface area contributed by atoms with Gasteiger partial charge in [-0.3, -0.25) is 4.79 Å². The van der Waals surface area contributed by atoms with Gasteiger partial charge in [0.05, 0.1) is 0 Å². The van der Waals surface area contributed by atoms with Crippen molar-refractivity contribution in [1.82, 2.24) is 15.5 Å². The van der Waals surface area contributed by atoms with Crippen molar-refractivity contribution in [1.29, 1.82) is 0 Å². The van der Waals surface area contributed by atoms with Crippen LogP contribution in [0.3, 0.4) is 0 Å². The fourth-order valence-corrected chi connectivity index (χ4v) is 2.78. The van der Waals surface area contributed by atoms with Gasteiger partial charge >= 0.3 is 0 Å². The van der Waals surface area contributed by atoms with E-state index in [2.05, 4.69) is 21.9 Å². The highest BCUT2D eigenvalue weighted by Gasteiger charge is 2.16. The largest absolute Gasteiger partial charge is 0.356 e. The summed E-state index contributed by atoms with van der Waals surface area (Å²) in [5, 5.41) is 6.82. The molecule has 5 nitrogen and oxygen atoms in total. The average Bonchev–Trinajstić information content (AvgIpc) is 2.96. The smallest absolute Gasteiger partial charge is 0.243 e. The molecule has 0 saturated heterocycles. The predicted molar refractivity (Wildman–Crippen MR) is 107 cm³/mol. The van der Waals surface area contributed by atoms with E-state index in [-0.39, 0.29) is 36.4 Å². The summed E-state index contributed by atoms with van der Waals surface area (Å²) in [7, 11) is 3.52. The zero-order valence-corrected chi connectivity index (χ0v) is 17.2. The zero-order chi connectivity index (χ0) is 15.5. The minimum Gasteiger partial charge on any atom is -0.356 e. The average molecular weight is 442 g/mol. The van der Waals surface area contributed by atoms with Crippen LogP contribution in [0.25, 0.3) is 0 Å². The molecule has 1 amide bonds. The molecule has 0 aromatic rings. The second kappa shape index (κ2) is 13.3. The summed E-state index contributed by atoms with van der Waals surface area (Å²) in [5.74, 6) is 2.02. The number of hydrogen-bond donors (Lipinski definition) is 2. The number of rotatable bonds is 8. The van der Waals surface area contributed by atoms with Gasteiger partial charge in [0.2, 0.25) is 5.91 Å². The second-order valence-corrected chi connectivity index (χ2v) is 6.69. The van der Waals surface area contributed by atoms with E-state index >= 15 is 0 Å². The predicted octanol–water partition coefficient (Wildman–Crippen LogP) is 2.31. The van der Waals surface area contributed by atoms with E-state index in [9.17, 15) is 4.79 Å². The van der Waals surface area contributed by atoms with Gasteiger partial charge in [0, 0.05) is 26.7 Å². The van der Waals surface area contributed by atoms with Crippen molar-refractivity contribution in [3.05, 3.63) is 0 Å². The third-order valence-electron chi connectivity index (χ3n) is 3.63. The van der Waals surface area contributed by atoms with Crippen LogP contribution in [0.15, 0.2) is 4.99 Å². The number of unbranched alkanes of at least 4 members (excludes halogenated alkanes) is 1. The molecule has 1 fully saturated rings. The lowest BCUT2D eigenvalue weighted by molar-refractivity contribution is -0.127. The molecule has 2 N–H and O–H groups in total. The summed E-state index contributed by atoms with van der Waals surface area (Å²) in [5.41, 5.74) is 0. The number of thioether (sulfide) groups is 1. The number of hydrogen-bond acceptors (Lipinski definition) is 3. The SMILES string of the molecule is CSCCCCNC(=NCC(=O)N(C)C)NC1CCCC1.I. The topological polar surface area (TPSA) is 56.7 Å². The van der Waals surface area contributed by atoms with Gasteiger partial charge in [-0.25, -0.2) is 4.99 Å². The van der Waals surface area contributed by atoms with Crippen LogP contribution >= 0.6 is 35.7 Å². The molecule has 0 atom stereocenters. The molecule has 0 heterocycles. The van der Waals surface area contributed by atoms with E-state index in [1.165, 1.54) is 37.9 Å². The maximum atomic E-state index is 11.7. The molecule has 0 aliphatic heterocycles. The van der Waals surface area contributed by atoms with Crippen molar-refractivity contribution < 1.29 is 4.79 Å². The first-order valence-corrected chi connectivity index (χ1v) is 9.27. The van der Waals surface area contributed by atoms with Gasteiger partial charge < -0.3 is 15.5 Å². The number of aliphatic imine (C=N–C) groups is 1. The molecule has 0 radical (unpaired) electrons. The van der Waals surface area contributed by atoms with Crippen LogP contribution in [0, 0.1) is 0 Å². The van der Waals surface area contributed by atoms with E-state index in [1.54, 1.807) is 19.0 Å². The summed E-state index contributed by atoms with van der Waals surface area (Å²) >= 11 is 1.88. The minimum atomic E-state index is 0. The number of nitrogens with zero attached hydrogens (tertiary/aromatic N) is 2. The standard InChI is InChI=1S/C15H30N4OS.HI/c1-19(2)14(20)12-17-15(16-10-6-7-11-21-3)18-13-8-4-5-9-13;/h13H,4-12H2,1-3H3,(H2,16,17,18);1H. The van der Waals surface area contributed by atoms with Crippen LogP contribution in [0.5, 0.6) is 0 Å². The Morgan fingerprint density at radius 1 is 1.27 bits per heavy atom. The fourth-order valence-electron chi connectivity index (χ4n) is 2.28. The number of likely N-dealkylation sites (N-methyl/N-ethyl adjacent to an activating group) is 1. The Hall–Kier alpha value is -0.180. The highest BCUT2D eigenvalue weighted by atomic mass is 127. The fraction of sp³-hybridized carbons (Fsp3) is 0.867. The number of guanidine groups is 1. The van der Waals surface area contributed by atoms with Gasteiger partial charge in [-0.15, -0.1) is 24.0 Å². The highest BCUT2D eigenvalue weighted by Crippen LogP contribution is 2.17. The molecule has 0 aromatic carbocycles. The summed E-state index contributed by atoms with van der Waals surface area (Å²) in [6, 6.07) is 0.511. The lowest BCUT2D eigenvalue weighted by Gasteiger charge is -2.18. The Balaban J connectivity index is 0.00000441. The van der Waals surface area contributed by atoms with Crippen LogP contribution in [0.2, 0.25) is 0 Å². The van der Waals surface area contributed by atoms with Crippen molar-refractivity contribution in [3.8, 4) is 0 Å². The van der Waals surface area contributed by atoms with E-state index in [1.807, 2.05) is 11.8 Å². The van der Waals surface area contributed by atoms with E-state index in [0.717, 1.165) is 18.9 Å². The summed E-state index contributed by atoms with van der Waals surface area (Å²) in [4.78, 5) is 17.7. The third kappa shape index (κ3) is 9.76. The number of carbonyl (C=O) groups is 1. The normalized spacial score (nSPS) is 15.3. The Kier molecular flexibility index (Phi) is 13.2. The lowest BCUT2D eigenvalue weighted by atomic mass is 10.2. The number of carbonyl (C=O) groups excluding carboxylic acids is 1. The van der Waals surface area contributed by atoms with Gasteiger partial charge in [-0.2, -0.15) is 11.8 Å². The summed E-state index contributed by atoms with van der Waals surface area (Å²) in [6.45, 7) is 1.12. The van der Waals surface area contributed by atoms with Crippen molar-refractivity contribution in [2.24, 2.45) is 4.99 Å². The maximum Gasteiger partial charge on any atom is 0.243 e. The quantitative estimate of drug-likeness (QED) is 0.262. The third-order valence-corrected chi connectivity index (χ3v) is 4.33. The molecule has 1 aliphatic carbocycles. The summed E-state index contributed by atoms with van der Waals surface area (Å²) < 4.78 is 0. The van der Waals surface area contributed by atoms with E-state index in [0.29, 0.717) is 6.04 Å². The number of amides is 1. The van der Waals surface area contributed by atoms with Crippen molar-refractivity contribution in [2.75, 3.05) is 39.2 Å². The van der Waals surface area contributed by atoms with Gasteiger partial charge in [0.15, 0.2) is 5.96 Å². The second-order valence-electron chi connectivity index (χ2n) is 5.71. The van der Waals surface area contributed by atoms with Gasteiger partial charge in [0.25, 0.3) is 0 Å². The monoisotopic (exact) mass is 442 g/mol. The molecule has 0 bridgehead atoms. The molecule has 7 heteroatoms.